The Kier molecular flexibility index (Phi) is 2.47. The van der Waals surface area contributed by atoms with Crippen molar-refractivity contribution in [2.24, 2.45) is 0 Å². The number of aromatic amines is 1. The number of nitrogens with one attached hydrogen (secondary N) is 1. The Morgan fingerprint density at radius 1 is 1.20 bits per heavy atom. The standard InChI is InChI=1S/C11H9ClN2O/c12-8-3-1-2-7(4-8)10-5-9(13)6-11(15)14-10/h1-6H,(H3,13,14,15). The molecule has 0 saturated carbocycles. The van der Waals surface area contributed by atoms with Gasteiger partial charge in [0.25, 0.3) is 0 Å². The summed E-state index contributed by atoms with van der Waals surface area (Å²) in [5.74, 6) is 0. The molecule has 3 nitrogen and oxygen atoms in total. The molecular weight excluding hydrogens is 212 g/mol. The van der Waals surface area contributed by atoms with Gasteiger partial charge in [-0.25, -0.2) is 0 Å². The third kappa shape index (κ3) is 2.19. The van der Waals surface area contributed by atoms with Crippen molar-refractivity contribution in [3.05, 3.63) is 51.8 Å². The third-order valence-electron chi connectivity index (χ3n) is 2.00. The van der Waals surface area contributed by atoms with E-state index < -0.39 is 0 Å². The zero-order chi connectivity index (χ0) is 10.8. The molecule has 0 saturated heterocycles. The first-order valence-electron chi connectivity index (χ1n) is 4.41. The average molecular weight is 221 g/mol. The lowest BCUT2D eigenvalue weighted by molar-refractivity contribution is 1.24. The van der Waals surface area contributed by atoms with E-state index in [9.17, 15) is 4.79 Å². The highest BCUT2D eigenvalue weighted by molar-refractivity contribution is 6.30. The van der Waals surface area contributed by atoms with Crippen LogP contribution in [0.15, 0.2) is 41.2 Å². The van der Waals surface area contributed by atoms with Crippen molar-refractivity contribution in [2.45, 2.75) is 0 Å². The van der Waals surface area contributed by atoms with Gasteiger partial charge in [0.1, 0.15) is 0 Å². The summed E-state index contributed by atoms with van der Waals surface area (Å²) in [6, 6.07) is 10.3. The zero-order valence-electron chi connectivity index (χ0n) is 7.83. The van der Waals surface area contributed by atoms with Gasteiger partial charge in [0.15, 0.2) is 0 Å². The summed E-state index contributed by atoms with van der Waals surface area (Å²) in [6.07, 6.45) is 0. The highest BCUT2D eigenvalue weighted by atomic mass is 35.5. The molecule has 15 heavy (non-hydrogen) atoms. The van der Waals surface area contributed by atoms with Crippen LogP contribution < -0.4 is 11.3 Å². The summed E-state index contributed by atoms with van der Waals surface area (Å²) in [4.78, 5) is 13.9. The molecular formula is C11H9ClN2O. The van der Waals surface area contributed by atoms with E-state index in [-0.39, 0.29) is 5.56 Å². The van der Waals surface area contributed by atoms with Crippen molar-refractivity contribution in [1.29, 1.82) is 0 Å². The lowest BCUT2D eigenvalue weighted by Gasteiger charge is -2.02. The number of pyridine rings is 1. The first kappa shape index (κ1) is 9.80. The maximum atomic E-state index is 11.2. The van der Waals surface area contributed by atoms with Crippen LogP contribution >= 0.6 is 11.6 Å². The van der Waals surface area contributed by atoms with Crippen LogP contribution in [-0.4, -0.2) is 4.98 Å². The highest BCUT2D eigenvalue weighted by Crippen LogP contribution is 2.20. The van der Waals surface area contributed by atoms with Crippen molar-refractivity contribution in [2.75, 3.05) is 5.73 Å². The maximum absolute atomic E-state index is 11.2. The van der Waals surface area contributed by atoms with E-state index >= 15 is 0 Å². The van der Waals surface area contributed by atoms with Crippen LogP contribution in [0.2, 0.25) is 5.02 Å². The minimum absolute atomic E-state index is 0.218. The van der Waals surface area contributed by atoms with Gasteiger partial charge in [-0.05, 0) is 23.8 Å². The second-order valence-electron chi connectivity index (χ2n) is 3.20. The van der Waals surface area contributed by atoms with Crippen molar-refractivity contribution in [3.8, 4) is 11.3 Å². The molecule has 0 bridgehead atoms. The van der Waals surface area contributed by atoms with E-state index in [1.165, 1.54) is 6.07 Å². The van der Waals surface area contributed by atoms with Crippen LogP contribution in [0.5, 0.6) is 0 Å². The monoisotopic (exact) mass is 220 g/mol. The van der Waals surface area contributed by atoms with Gasteiger partial charge in [0.2, 0.25) is 5.56 Å². The normalized spacial score (nSPS) is 10.2. The highest BCUT2D eigenvalue weighted by Gasteiger charge is 2.00. The minimum atomic E-state index is -0.218. The molecule has 4 heteroatoms. The summed E-state index contributed by atoms with van der Waals surface area (Å²) < 4.78 is 0. The van der Waals surface area contributed by atoms with E-state index in [2.05, 4.69) is 4.98 Å². The van der Waals surface area contributed by atoms with E-state index in [0.29, 0.717) is 16.4 Å². The number of benzene rings is 1. The summed E-state index contributed by atoms with van der Waals surface area (Å²) in [5, 5.41) is 0.621. The van der Waals surface area contributed by atoms with Crippen LogP contribution in [0, 0.1) is 0 Å². The molecule has 0 fully saturated rings. The van der Waals surface area contributed by atoms with Crippen molar-refractivity contribution < 1.29 is 0 Å². The number of nitrogen functional groups attached to an aromatic ring is 1. The molecule has 0 spiro atoms. The molecule has 0 aliphatic rings. The number of hydrogen-bond acceptors (Lipinski definition) is 2. The summed E-state index contributed by atoms with van der Waals surface area (Å²) in [5.41, 5.74) is 7.31. The van der Waals surface area contributed by atoms with Gasteiger partial charge < -0.3 is 10.7 Å². The molecule has 0 atom stereocenters. The predicted molar refractivity (Wildman–Crippen MR) is 61.9 cm³/mol. The van der Waals surface area contributed by atoms with Gasteiger partial charge in [-0.15, -0.1) is 0 Å². The number of H-pyrrole nitrogens is 1. The number of halogens is 1. The van der Waals surface area contributed by atoms with Gasteiger partial charge in [0, 0.05) is 16.8 Å². The SMILES string of the molecule is Nc1cc(-c2cccc(Cl)c2)[nH]c(=O)c1. The van der Waals surface area contributed by atoms with Crippen LogP contribution in [0.4, 0.5) is 5.69 Å². The molecule has 0 aliphatic heterocycles. The quantitative estimate of drug-likeness (QED) is 0.775. The number of aromatic nitrogens is 1. The smallest absolute Gasteiger partial charge is 0.250 e. The van der Waals surface area contributed by atoms with Gasteiger partial charge in [-0.3, -0.25) is 4.79 Å². The van der Waals surface area contributed by atoms with Gasteiger partial charge >= 0.3 is 0 Å². The van der Waals surface area contributed by atoms with Crippen molar-refractivity contribution in [3.63, 3.8) is 0 Å². The fraction of sp³-hybridized carbons (Fsp3) is 0. The van der Waals surface area contributed by atoms with Crippen LogP contribution in [0.1, 0.15) is 0 Å². The van der Waals surface area contributed by atoms with Gasteiger partial charge in [0.05, 0.1) is 5.69 Å². The average Bonchev–Trinajstić information content (AvgIpc) is 2.16. The Morgan fingerprint density at radius 2 is 2.00 bits per heavy atom. The number of rotatable bonds is 1. The van der Waals surface area contributed by atoms with E-state index in [4.69, 9.17) is 17.3 Å². The summed E-state index contributed by atoms with van der Waals surface area (Å²) in [7, 11) is 0. The molecule has 2 rings (SSSR count). The Balaban J connectivity index is 2.59. The molecule has 1 aromatic carbocycles. The number of anilines is 1. The largest absolute Gasteiger partial charge is 0.399 e. The number of hydrogen-bond donors (Lipinski definition) is 2. The van der Waals surface area contributed by atoms with Crippen LogP contribution in [0.3, 0.4) is 0 Å². The Morgan fingerprint density at radius 3 is 2.67 bits per heavy atom. The van der Waals surface area contributed by atoms with Crippen LogP contribution in [0.25, 0.3) is 11.3 Å². The van der Waals surface area contributed by atoms with E-state index in [1.807, 2.05) is 12.1 Å². The molecule has 0 unspecified atom stereocenters. The second kappa shape index (κ2) is 3.79. The van der Waals surface area contributed by atoms with Crippen molar-refractivity contribution in [1.82, 2.24) is 4.98 Å². The summed E-state index contributed by atoms with van der Waals surface area (Å²) >= 11 is 5.85. The molecule has 76 valence electrons. The maximum Gasteiger partial charge on any atom is 0.250 e. The van der Waals surface area contributed by atoms with Gasteiger partial charge in [-0.1, -0.05) is 23.7 Å². The molecule has 2 aromatic rings. The van der Waals surface area contributed by atoms with E-state index in [1.54, 1.807) is 18.2 Å². The fourth-order valence-electron chi connectivity index (χ4n) is 1.38. The third-order valence-corrected chi connectivity index (χ3v) is 2.24. The lowest BCUT2D eigenvalue weighted by Crippen LogP contribution is -2.06. The Hall–Kier alpha value is -1.74. The lowest BCUT2D eigenvalue weighted by atomic mass is 10.1. The first-order valence-corrected chi connectivity index (χ1v) is 4.79. The second-order valence-corrected chi connectivity index (χ2v) is 3.64. The molecule has 3 N–H and O–H groups in total. The topological polar surface area (TPSA) is 58.9 Å². The number of nitrogens with two attached hydrogens (primary N) is 1. The molecule has 0 radical (unpaired) electrons. The fourth-order valence-corrected chi connectivity index (χ4v) is 1.57. The molecule has 0 amide bonds. The summed E-state index contributed by atoms with van der Waals surface area (Å²) in [6.45, 7) is 0. The first-order chi connectivity index (χ1) is 7.15. The molecule has 1 aromatic heterocycles. The Labute approximate surface area is 91.5 Å². The predicted octanol–water partition coefficient (Wildman–Crippen LogP) is 2.28. The van der Waals surface area contributed by atoms with Crippen molar-refractivity contribution >= 4 is 17.3 Å². The minimum Gasteiger partial charge on any atom is -0.399 e. The molecule has 0 aliphatic carbocycles. The Bertz CT molecular complexity index is 548. The molecule has 1 heterocycles. The van der Waals surface area contributed by atoms with Gasteiger partial charge in [-0.2, -0.15) is 0 Å². The van der Waals surface area contributed by atoms with E-state index in [0.717, 1.165) is 5.56 Å². The zero-order valence-corrected chi connectivity index (χ0v) is 8.58. The van der Waals surface area contributed by atoms with Crippen LogP contribution in [-0.2, 0) is 0 Å².